The van der Waals surface area contributed by atoms with Crippen LogP contribution in [-0.2, 0) is 17.9 Å². The van der Waals surface area contributed by atoms with Crippen LogP contribution in [0.15, 0.2) is 30.6 Å². The highest BCUT2D eigenvalue weighted by Crippen LogP contribution is 2.28. The normalized spacial score (nSPS) is 15.9. The van der Waals surface area contributed by atoms with Crippen molar-refractivity contribution in [2.24, 2.45) is 5.92 Å². The van der Waals surface area contributed by atoms with E-state index >= 15 is 0 Å². The number of nitrogens with zero attached hydrogens (tertiary/aromatic N) is 6. The number of ether oxygens (including phenoxy) is 1. The summed E-state index contributed by atoms with van der Waals surface area (Å²) in [6, 6.07) is 6.92. The number of rotatable bonds is 6. The predicted molar refractivity (Wildman–Crippen MR) is 117 cm³/mol. The average Bonchev–Trinajstić information content (AvgIpc) is 3.31. The van der Waals surface area contributed by atoms with E-state index in [1.807, 2.05) is 6.07 Å². The molecule has 1 aromatic carbocycles. The summed E-state index contributed by atoms with van der Waals surface area (Å²) in [5.41, 5.74) is 2.05. The van der Waals surface area contributed by atoms with Gasteiger partial charge in [-0.05, 0) is 47.7 Å². The van der Waals surface area contributed by atoms with Crippen LogP contribution in [-0.4, -0.2) is 48.6 Å². The molecule has 0 unspecified atom stereocenters. The van der Waals surface area contributed by atoms with Crippen LogP contribution in [0.1, 0.15) is 48.2 Å². The summed E-state index contributed by atoms with van der Waals surface area (Å²) >= 11 is 0. The van der Waals surface area contributed by atoms with Crippen molar-refractivity contribution >= 4 is 17.5 Å². The van der Waals surface area contributed by atoms with E-state index in [0.29, 0.717) is 28.9 Å². The number of anilines is 1. The average molecular weight is 448 g/mol. The minimum absolute atomic E-state index is 0.00231. The molecule has 2 N–H and O–H groups in total. The summed E-state index contributed by atoms with van der Waals surface area (Å²) in [6.45, 7) is 1.01. The molecule has 1 saturated carbocycles. The molecule has 170 valence electrons. The van der Waals surface area contributed by atoms with Crippen molar-refractivity contribution in [3.8, 4) is 17.3 Å². The summed E-state index contributed by atoms with van der Waals surface area (Å²) in [4.78, 5) is 34.0. The summed E-state index contributed by atoms with van der Waals surface area (Å²) in [6.07, 6.45) is 7.51. The number of tetrazole rings is 1. The Hall–Kier alpha value is -3.89. The van der Waals surface area contributed by atoms with Crippen LogP contribution in [0.4, 0.5) is 5.69 Å². The van der Waals surface area contributed by atoms with Gasteiger partial charge in [0.05, 0.1) is 12.2 Å². The van der Waals surface area contributed by atoms with Gasteiger partial charge in [-0.3, -0.25) is 9.59 Å². The maximum absolute atomic E-state index is 12.7. The molecule has 2 aliphatic rings. The topological polar surface area (TPSA) is 137 Å². The van der Waals surface area contributed by atoms with Gasteiger partial charge in [-0.25, -0.2) is 9.97 Å². The van der Waals surface area contributed by atoms with E-state index in [2.05, 4.69) is 36.0 Å². The van der Waals surface area contributed by atoms with Gasteiger partial charge >= 0.3 is 0 Å². The Kier molecular flexibility index (Phi) is 5.92. The van der Waals surface area contributed by atoms with E-state index in [0.717, 1.165) is 12.1 Å². The smallest absolute Gasteiger partial charge is 0.270 e. The molecule has 33 heavy (non-hydrogen) atoms. The van der Waals surface area contributed by atoms with Crippen LogP contribution in [0.25, 0.3) is 11.5 Å². The van der Waals surface area contributed by atoms with Gasteiger partial charge in [-0.1, -0.05) is 25.3 Å². The van der Waals surface area contributed by atoms with Gasteiger partial charge in [0.25, 0.3) is 11.8 Å². The SMILES string of the molecule is O=C1COc2ccc(CNC(=O)c3cc(-c4nnn(CC5CCCCC5)n4)ncn3)cc2N1. The molecule has 2 aromatic heterocycles. The molecular formula is C22H24N8O3. The van der Waals surface area contributed by atoms with E-state index in [1.165, 1.54) is 38.4 Å². The highest BCUT2D eigenvalue weighted by molar-refractivity contribution is 5.95. The number of carbonyl (C=O) groups excluding carboxylic acids is 2. The summed E-state index contributed by atoms with van der Waals surface area (Å²) < 4.78 is 5.35. The van der Waals surface area contributed by atoms with Crippen LogP contribution in [0, 0.1) is 5.92 Å². The largest absolute Gasteiger partial charge is 0.482 e. The number of nitrogens with one attached hydrogen (secondary N) is 2. The third-order valence-corrected chi connectivity index (χ3v) is 5.86. The quantitative estimate of drug-likeness (QED) is 0.584. The highest BCUT2D eigenvalue weighted by atomic mass is 16.5. The molecule has 0 saturated heterocycles. The number of benzene rings is 1. The number of hydrogen-bond donors (Lipinski definition) is 2. The second-order valence-electron chi connectivity index (χ2n) is 8.31. The van der Waals surface area contributed by atoms with Crippen molar-refractivity contribution in [1.82, 2.24) is 35.5 Å². The second kappa shape index (κ2) is 9.31. The van der Waals surface area contributed by atoms with Crippen LogP contribution in [0.3, 0.4) is 0 Å². The van der Waals surface area contributed by atoms with E-state index in [4.69, 9.17) is 4.74 Å². The highest BCUT2D eigenvalue weighted by Gasteiger charge is 2.18. The Balaban J connectivity index is 1.22. The third-order valence-electron chi connectivity index (χ3n) is 5.86. The molecule has 11 nitrogen and oxygen atoms in total. The molecule has 3 aromatic rings. The first-order chi connectivity index (χ1) is 16.1. The second-order valence-corrected chi connectivity index (χ2v) is 8.31. The van der Waals surface area contributed by atoms with Gasteiger partial charge in [0, 0.05) is 6.54 Å². The van der Waals surface area contributed by atoms with Crippen molar-refractivity contribution in [1.29, 1.82) is 0 Å². The fraction of sp³-hybridized carbons (Fsp3) is 0.409. The number of carbonyl (C=O) groups is 2. The summed E-state index contributed by atoms with van der Waals surface area (Å²) in [5, 5.41) is 18.3. The lowest BCUT2D eigenvalue weighted by atomic mass is 9.89. The van der Waals surface area contributed by atoms with Gasteiger partial charge in [0.2, 0.25) is 5.82 Å². The standard InChI is InChI=1S/C22H24N8O3/c31-20-12-33-19-7-6-15(8-16(19)26-20)10-23-22(32)18-9-17(24-13-25-18)21-27-29-30(28-21)11-14-4-2-1-3-5-14/h6-9,13-14H,1-5,10-12H2,(H,23,32)(H,26,31). The van der Waals surface area contributed by atoms with Crippen LogP contribution in [0.2, 0.25) is 0 Å². The molecule has 1 aliphatic carbocycles. The third kappa shape index (κ3) is 4.97. The molecular weight excluding hydrogens is 424 g/mol. The lowest BCUT2D eigenvalue weighted by molar-refractivity contribution is -0.118. The summed E-state index contributed by atoms with van der Waals surface area (Å²) in [5.74, 6) is 0.991. The van der Waals surface area contributed by atoms with Crippen molar-refractivity contribution in [2.75, 3.05) is 11.9 Å². The van der Waals surface area contributed by atoms with Gasteiger partial charge < -0.3 is 15.4 Å². The zero-order valence-electron chi connectivity index (χ0n) is 18.0. The minimum atomic E-state index is -0.355. The minimum Gasteiger partial charge on any atom is -0.482 e. The number of amides is 2. The molecule has 5 rings (SSSR count). The van der Waals surface area contributed by atoms with Gasteiger partial charge in [-0.2, -0.15) is 4.80 Å². The first-order valence-electron chi connectivity index (χ1n) is 11.1. The molecule has 0 atom stereocenters. The Morgan fingerprint density at radius 3 is 2.94 bits per heavy atom. The zero-order chi connectivity index (χ0) is 22.6. The first-order valence-corrected chi connectivity index (χ1v) is 11.1. The Bertz CT molecular complexity index is 1170. The molecule has 0 bridgehead atoms. The first kappa shape index (κ1) is 21.0. The van der Waals surface area contributed by atoms with Crippen molar-refractivity contribution in [3.05, 3.63) is 41.9 Å². The van der Waals surface area contributed by atoms with E-state index in [9.17, 15) is 9.59 Å². The van der Waals surface area contributed by atoms with Gasteiger partial charge in [0.1, 0.15) is 23.5 Å². The van der Waals surface area contributed by atoms with E-state index in [1.54, 1.807) is 23.0 Å². The van der Waals surface area contributed by atoms with Crippen molar-refractivity contribution in [3.63, 3.8) is 0 Å². The monoisotopic (exact) mass is 448 g/mol. The number of aromatic nitrogens is 6. The van der Waals surface area contributed by atoms with Crippen molar-refractivity contribution in [2.45, 2.75) is 45.2 Å². The lowest BCUT2D eigenvalue weighted by Crippen LogP contribution is -2.26. The van der Waals surface area contributed by atoms with Gasteiger partial charge in [0.15, 0.2) is 6.61 Å². The summed E-state index contributed by atoms with van der Waals surface area (Å²) in [7, 11) is 0. The zero-order valence-corrected chi connectivity index (χ0v) is 18.0. The predicted octanol–water partition coefficient (Wildman–Crippen LogP) is 1.97. The van der Waals surface area contributed by atoms with Crippen LogP contribution < -0.4 is 15.4 Å². The molecule has 2 amide bonds. The molecule has 3 heterocycles. The molecule has 0 spiro atoms. The molecule has 11 heteroatoms. The number of fused-ring (bicyclic) bond motifs is 1. The molecule has 1 fully saturated rings. The lowest BCUT2D eigenvalue weighted by Gasteiger charge is -2.20. The van der Waals surface area contributed by atoms with Crippen LogP contribution in [0.5, 0.6) is 5.75 Å². The number of hydrogen-bond acceptors (Lipinski definition) is 8. The van der Waals surface area contributed by atoms with E-state index < -0.39 is 0 Å². The maximum atomic E-state index is 12.7. The fourth-order valence-electron chi connectivity index (χ4n) is 4.14. The Morgan fingerprint density at radius 1 is 1.18 bits per heavy atom. The Labute approximate surface area is 190 Å². The maximum Gasteiger partial charge on any atom is 0.270 e. The van der Waals surface area contributed by atoms with Crippen LogP contribution >= 0.6 is 0 Å². The van der Waals surface area contributed by atoms with Crippen molar-refractivity contribution < 1.29 is 14.3 Å². The fourth-order valence-corrected chi connectivity index (χ4v) is 4.14. The van der Waals surface area contributed by atoms with Gasteiger partial charge in [-0.15, -0.1) is 10.2 Å². The Morgan fingerprint density at radius 2 is 2.06 bits per heavy atom. The molecule has 0 radical (unpaired) electrons. The van der Waals surface area contributed by atoms with E-state index in [-0.39, 0.29) is 30.7 Å². The molecule has 1 aliphatic heterocycles.